The Morgan fingerprint density at radius 1 is 1.52 bits per heavy atom. The number of amides is 1. The summed E-state index contributed by atoms with van der Waals surface area (Å²) in [6, 6.07) is 2.23. The van der Waals surface area contributed by atoms with Gasteiger partial charge in [0.05, 0.1) is 18.2 Å². The van der Waals surface area contributed by atoms with Gasteiger partial charge in [0.1, 0.15) is 11.1 Å². The predicted molar refractivity (Wildman–Crippen MR) is 92.6 cm³/mol. The van der Waals surface area contributed by atoms with E-state index in [2.05, 4.69) is 16.3 Å². The molecule has 2 N–H and O–H groups in total. The second-order valence-electron chi connectivity index (χ2n) is 6.16. The van der Waals surface area contributed by atoms with Crippen LogP contribution in [0.5, 0.6) is 0 Å². The van der Waals surface area contributed by atoms with Crippen molar-refractivity contribution in [1.29, 1.82) is 5.26 Å². The summed E-state index contributed by atoms with van der Waals surface area (Å²) in [6.45, 7) is 6.92. The summed E-state index contributed by atoms with van der Waals surface area (Å²) in [5.41, 5.74) is 1.50. The number of aryl methyl sites for hydroxylation is 1. The number of hydrogen-bond acceptors (Lipinski definition) is 5. The molecule has 1 aliphatic rings. The molecular weight excluding hydrogens is 310 g/mol. The van der Waals surface area contributed by atoms with Gasteiger partial charge in [-0.15, -0.1) is 11.3 Å². The fraction of sp³-hybridized carbons (Fsp3) is 0.647. The van der Waals surface area contributed by atoms with Gasteiger partial charge in [-0.3, -0.25) is 9.69 Å². The molecule has 2 heterocycles. The number of carbonyl (C=O) groups excluding carboxylic acids is 1. The number of aliphatic hydroxyl groups excluding tert-OH is 1. The second-order valence-corrected chi connectivity index (χ2v) is 7.38. The highest BCUT2D eigenvalue weighted by Crippen LogP contribution is 2.31. The lowest BCUT2D eigenvalue weighted by atomic mass is 9.96. The zero-order valence-corrected chi connectivity index (χ0v) is 14.9. The van der Waals surface area contributed by atoms with Gasteiger partial charge in [-0.1, -0.05) is 13.3 Å². The molecule has 1 aliphatic heterocycles. The van der Waals surface area contributed by atoms with E-state index in [4.69, 9.17) is 0 Å². The average Bonchev–Trinajstić information content (AvgIpc) is 2.80. The quantitative estimate of drug-likeness (QED) is 0.867. The Kier molecular flexibility index (Phi) is 6.17. The van der Waals surface area contributed by atoms with E-state index < -0.39 is 0 Å². The number of piperidine rings is 1. The third-order valence-corrected chi connectivity index (χ3v) is 5.75. The van der Waals surface area contributed by atoms with E-state index in [0.29, 0.717) is 17.0 Å². The van der Waals surface area contributed by atoms with Gasteiger partial charge < -0.3 is 10.4 Å². The smallest absolute Gasteiger partial charge is 0.239 e. The van der Waals surface area contributed by atoms with Crippen LogP contribution in [-0.2, 0) is 4.79 Å². The number of nitriles is 1. The van der Waals surface area contributed by atoms with Crippen molar-refractivity contribution in [2.75, 3.05) is 18.4 Å². The Morgan fingerprint density at radius 3 is 2.91 bits per heavy atom. The molecule has 23 heavy (non-hydrogen) atoms. The molecule has 1 aromatic heterocycles. The first kappa shape index (κ1) is 17.9. The van der Waals surface area contributed by atoms with Crippen molar-refractivity contribution in [2.24, 2.45) is 0 Å². The first-order chi connectivity index (χ1) is 11.0. The number of thiophene rings is 1. The van der Waals surface area contributed by atoms with E-state index in [1.54, 1.807) is 0 Å². The molecule has 2 atom stereocenters. The van der Waals surface area contributed by atoms with Crippen molar-refractivity contribution in [3.05, 3.63) is 16.0 Å². The molecule has 0 spiro atoms. The lowest BCUT2D eigenvalue weighted by molar-refractivity contribution is -0.119. The zero-order valence-electron chi connectivity index (χ0n) is 14.1. The van der Waals surface area contributed by atoms with Crippen molar-refractivity contribution < 1.29 is 9.90 Å². The van der Waals surface area contributed by atoms with Crippen LogP contribution in [-0.4, -0.2) is 41.1 Å². The van der Waals surface area contributed by atoms with Gasteiger partial charge in [0.2, 0.25) is 5.91 Å². The maximum absolute atomic E-state index is 12.4. The minimum absolute atomic E-state index is 0.0572. The largest absolute Gasteiger partial charge is 0.392 e. The minimum Gasteiger partial charge on any atom is -0.392 e. The summed E-state index contributed by atoms with van der Waals surface area (Å²) in [6.07, 6.45) is 3.40. The number of anilines is 1. The molecule has 0 radical (unpaired) electrons. The van der Waals surface area contributed by atoms with Crippen LogP contribution in [0, 0.1) is 25.2 Å². The summed E-state index contributed by atoms with van der Waals surface area (Å²) in [5, 5.41) is 22.9. The molecule has 2 rings (SSSR count). The Bertz CT molecular complexity index is 606. The average molecular weight is 335 g/mol. The number of rotatable bonds is 5. The molecule has 5 nitrogen and oxygen atoms in total. The third-order valence-electron chi connectivity index (χ3n) is 4.62. The molecule has 0 aromatic carbocycles. The van der Waals surface area contributed by atoms with E-state index in [1.807, 2.05) is 20.8 Å². The summed E-state index contributed by atoms with van der Waals surface area (Å²) < 4.78 is 0. The predicted octanol–water partition coefficient (Wildman–Crippen LogP) is 2.80. The maximum Gasteiger partial charge on any atom is 0.239 e. The SMILES string of the molecule is CCC(O)C1CCCCN1CC(=O)Nc1sc(C)c(C)c1C#N. The van der Waals surface area contributed by atoms with E-state index in [1.165, 1.54) is 11.3 Å². The molecule has 0 saturated carbocycles. The van der Waals surface area contributed by atoms with Crippen LogP contribution in [0.3, 0.4) is 0 Å². The minimum atomic E-state index is -0.385. The zero-order chi connectivity index (χ0) is 17.0. The molecule has 0 bridgehead atoms. The topological polar surface area (TPSA) is 76.4 Å². The Balaban J connectivity index is 2.04. The van der Waals surface area contributed by atoms with Crippen LogP contribution in [0.1, 0.15) is 48.6 Å². The van der Waals surface area contributed by atoms with Crippen molar-refractivity contribution in [3.63, 3.8) is 0 Å². The van der Waals surface area contributed by atoms with Crippen molar-refractivity contribution in [3.8, 4) is 6.07 Å². The van der Waals surface area contributed by atoms with Crippen molar-refractivity contribution in [1.82, 2.24) is 4.90 Å². The van der Waals surface area contributed by atoms with Gasteiger partial charge >= 0.3 is 0 Å². The molecule has 1 aromatic rings. The fourth-order valence-electron chi connectivity index (χ4n) is 3.12. The lowest BCUT2D eigenvalue weighted by Crippen LogP contribution is -2.49. The van der Waals surface area contributed by atoms with Gasteiger partial charge in [0.25, 0.3) is 0 Å². The van der Waals surface area contributed by atoms with E-state index in [-0.39, 0.29) is 24.6 Å². The molecule has 1 fully saturated rings. The van der Waals surface area contributed by atoms with Crippen LogP contribution < -0.4 is 5.32 Å². The van der Waals surface area contributed by atoms with Crippen LogP contribution in [0.4, 0.5) is 5.00 Å². The van der Waals surface area contributed by atoms with Gasteiger partial charge in [-0.05, 0) is 45.2 Å². The number of aliphatic hydroxyl groups is 1. The first-order valence-corrected chi connectivity index (χ1v) is 9.01. The first-order valence-electron chi connectivity index (χ1n) is 8.20. The molecule has 0 aliphatic carbocycles. The van der Waals surface area contributed by atoms with Crippen molar-refractivity contribution >= 4 is 22.2 Å². The Labute approximate surface area is 141 Å². The maximum atomic E-state index is 12.4. The summed E-state index contributed by atoms with van der Waals surface area (Å²) in [7, 11) is 0. The van der Waals surface area contributed by atoms with Crippen LogP contribution >= 0.6 is 11.3 Å². The second kappa shape index (κ2) is 7.91. The molecular formula is C17H25N3O2S. The number of hydrogen-bond donors (Lipinski definition) is 2. The Hall–Kier alpha value is -1.42. The van der Waals surface area contributed by atoms with E-state index in [0.717, 1.165) is 36.2 Å². The van der Waals surface area contributed by atoms with Crippen LogP contribution in [0.25, 0.3) is 0 Å². The van der Waals surface area contributed by atoms with E-state index >= 15 is 0 Å². The van der Waals surface area contributed by atoms with Crippen LogP contribution in [0.2, 0.25) is 0 Å². The van der Waals surface area contributed by atoms with Crippen molar-refractivity contribution in [2.45, 2.75) is 58.6 Å². The molecule has 1 amide bonds. The fourth-order valence-corrected chi connectivity index (χ4v) is 4.15. The number of likely N-dealkylation sites (tertiary alicyclic amines) is 1. The highest BCUT2D eigenvalue weighted by molar-refractivity contribution is 7.16. The third kappa shape index (κ3) is 4.11. The standard InChI is InChI=1S/C17H25N3O2S/c1-4-15(21)14-7-5-6-8-20(14)10-16(22)19-17-13(9-18)11(2)12(3)23-17/h14-15,21H,4-8,10H2,1-3H3,(H,19,22). The molecule has 1 saturated heterocycles. The summed E-state index contributed by atoms with van der Waals surface area (Å²) in [5.74, 6) is -0.113. The molecule has 2 unspecified atom stereocenters. The lowest BCUT2D eigenvalue weighted by Gasteiger charge is -2.37. The highest BCUT2D eigenvalue weighted by atomic mass is 32.1. The van der Waals surface area contributed by atoms with Gasteiger partial charge in [0, 0.05) is 10.9 Å². The van der Waals surface area contributed by atoms with Gasteiger partial charge in [0.15, 0.2) is 0 Å². The summed E-state index contributed by atoms with van der Waals surface area (Å²) in [4.78, 5) is 15.5. The van der Waals surface area contributed by atoms with Gasteiger partial charge in [-0.2, -0.15) is 5.26 Å². The van der Waals surface area contributed by atoms with Crippen LogP contribution in [0.15, 0.2) is 0 Å². The Morgan fingerprint density at radius 2 is 2.26 bits per heavy atom. The molecule has 6 heteroatoms. The highest BCUT2D eigenvalue weighted by Gasteiger charge is 2.29. The number of nitrogens with zero attached hydrogens (tertiary/aromatic N) is 2. The summed E-state index contributed by atoms with van der Waals surface area (Å²) >= 11 is 1.45. The van der Waals surface area contributed by atoms with E-state index in [9.17, 15) is 15.2 Å². The monoisotopic (exact) mass is 335 g/mol. The van der Waals surface area contributed by atoms with Gasteiger partial charge in [-0.25, -0.2) is 0 Å². The number of nitrogens with one attached hydrogen (secondary N) is 1. The number of carbonyl (C=O) groups is 1. The molecule has 126 valence electrons. The normalized spacial score (nSPS) is 20.0.